The number of aliphatic hydroxyl groups excluding tert-OH is 1. The summed E-state index contributed by atoms with van der Waals surface area (Å²) in [6.07, 6.45) is -0.471. The van der Waals surface area contributed by atoms with Crippen LogP contribution < -0.4 is 19.5 Å². The van der Waals surface area contributed by atoms with Gasteiger partial charge in [-0.15, -0.1) is 0 Å². The summed E-state index contributed by atoms with van der Waals surface area (Å²) in [6.45, 7) is 1.63. The number of methoxy groups -OCH3 is 2. The summed E-state index contributed by atoms with van der Waals surface area (Å²) < 4.78 is 39.6. The first kappa shape index (κ1) is 23.0. The minimum Gasteiger partial charge on any atom is -0.493 e. The van der Waals surface area contributed by atoms with Gasteiger partial charge in [0.15, 0.2) is 11.5 Å². The molecule has 168 valence electrons. The summed E-state index contributed by atoms with van der Waals surface area (Å²) in [7, 11) is 0.488. The Morgan fingerprint density at radius 1 is 1.19 bits per heavy atom. The predicted molar refractivity (Wildman–Crippen MR) is 116 cm³/mol. The normalized spacial score (nSPS) is 21.8. The number of amides is 1. The number of benzene rings is 2. The van der Waals surface area contributed by atoms with E-state index in [4.69, 9.17) is 9.47 Å². The average Bonchev–Trinajstić information content (AvgIpc) is 2.74. The molecule has 0 radical (unpaired) electrons. The zero-order valence-electron chi connectivity index (χ0n) is 17.8. The van der Waals surface area contributed by atoms with E-state index in [1.54, 1.807) is 49.4 Å². The maximum atomic E-state index is 13.0. The summed E-state index contributed by atoms with van der Waals surface area (Å²) in [4.78, 5) is 13.0. The van der Waals surface area contributed by atoms with Gasteiger partial charge in [0.2, 0.25) is 5.91 Å². The number of nitrogens with zero attached hydrogens (tertiary/aromatic N) is 1. The van der Waals surface area contributed by atoms with Crippen LogP contribution in [0.1, 0.15) is 36.6 Å². The molecule has 1 aliphatic heterocycles. The molecule has 0 aliphatic carbocycles. The lowest BCUT2D eigenvalue weighted by Crippen LogP contribution is -2.55. The van der Waals surface area contributed by atoms with Crippen LogP contribution in [0.15, 0.2) is 42.5 Å². The van der Waals surface area contributed by atoms with Gasteiger partial charge in [0, 0.05) is 12.7 Å². The van der Waals surface area contributed by atoms with E-state index in [1.807, 2.05) is 0 Å². The predicted octanol–water partition coefficient (Wildman–Crippen LogP) is 1.98. The summed E-state index contributed by atoms with van der Waals surface area (Å²) >= 11 is 0. The Morgan fingerprint density at radius 2 is 1.90 bits per heavy atom. The van der Waals surface area contributed by atoms with Gasteiger partial charge in [0.1, 0.15) is 6.04 Å². The van der Waals surface area contributed by atoms with Gasteiger partial charge in [-0.25, -0.2) is 0 Å². The maximum absolute atomic E-state index is 13.0. The van der Waals surface area contributed by atoms with Crippen LogP contribution >= 0.6 is 0 Å². The molecule has 1 heterocycles. The quantitative estimate of drug-likeness (QED) is 0.621. The van der Waals surface area contributed by atoms with Crippen LogP contribution in [0.3, 0.4) is 0 Å². The summed E-state index contributed by atoms with van der Waals surface area (Å²) in [5.74, 6) is 0.532. The molecule has 0 bridgehead atoms. The number of carbonyl (C=O) groups is 1. The van der Waals surface area contributed by atoms with Gasteiger partial charge in [0.25, 0.3) is 10.2 Å². The molecule has 3 rings (SSSR count). The molecule has 31 heavy (non-hydrogen) atoms. The van der Waals surface area contributed by atoms with Gasteiger partial charge in [-0.05, 0) is 48.7 Å². The number of hydrogen-bond acceptors (Lipinski definition) is 6. The molecule has 0 spiro atoms. The third-order valence-electron chi connectivity index (χ3n) is 5.32. The van der Waals surface area contributed by atoms with Crippen LogP contribution in [-0.4, -0.2) is 51.0 Å². The lowest BCUT2D eigenvalue weighted by molar-refractivity contribution is -0.120. The van der Waals surface area contributed by atoms with Crippen molar-refractivity contribution in [3.63, 3.8) is 0 Å². The Bertz CT molecular complexity index is 1060. The molecular formula is C21H27N3O6S. The molecule has 1 aliphatic rings. The molecule has 3 atom stereocenters. The number of hydrogen-bond donors (Lipinski definition) is 3. The first-order valence-electron chi connectivity index (χ1n) is 9.72. The first-order valence-corrected chi connectivity index (χ1v) is 11.2. The van der Waals surface area contributed by atoms with Gasteiger partial charge in [-0.2, -0.15) is 17.4 Å². The zero-order valence-corrected chi connectivity index (χ0v) is 18.6. The molecule has 3 N–H and O–H groups in total. The maximum Gasteiger partial charge on any atom is 0.280 e. The van der Waals surface area contributed by atoms with Crippen LogP contribution in [0.25, 0.3) is 0 Å². The molecule has 0 aromatic heterocycles. The Kier molecular flexibility index (Phi) is 6.85. The van der Waals surface area contributed by atoms with Crippen molar-refractivity contribution in [2.24, 2.45) is 0 Å². The van der Waals surface area contributed by atoms with Crippen molar-refractivity contribution in [1.82, 2.24) is 9.03 Å². The Morgan fingerprint density at radius 3 is 2.55 bits per heavy atom. The number of carbonyl (C=O) groups excluding carboxylic acids is 1. The highest BCUT2D eigenvalue weighted by atomic mass is 32.2. The van der Waals surface area contributed by atoms with Crippen molar-refractivity contribution < 1.29 is 27.8 Å². The van der Waals surface area contributed by atoms with Crippen molar-refractivity contribution in [2.75, 3.05) is 26.6 Å². The Hall–Kier alpha value is -2.66. The monoisotopic (exact) mass is 449 g/mol. The van der Waals surface area contributed by atoms with E-state index in [2.05, 4.69) is 10.0 Å². The standard InChI is InChI=1S/C21H27N3O6S/c1-13(25)14-6-5-7-16(10-14)22-21(26)18-12-17(23-31(27,28)24(18)2)15-8-9-19(29-3)20(11-15)30-4/h5-11,13,17-18,23,25H,12H2,1-4H3,(H,22,26)/t13?,17-,18+/m0/s1. The topological polar surface area (TPSA) is 117 Å². The second kappa shape index (κ2) is 9.23. The highest BCUT2D eigenvalue weighted by Crippen LogP contribution is 2.34. The van der Waals surface area contributed by atoms with Crippen molar-refractivity contribution in [1.29, 1.82) is 0 Å². The second-order valence-corrected chi connectivity index (χ2v) is 9.11. The van der Waals surface area contributed by atoms with Crippen LogP contribution in [0.2, 0.25) is 0 Å². The van der Waals surface area contributed by atoms with E-state index in [1.165, 1.54) is 21.3 Å². The number of rotatable bonds is 6. The Balaban J connectivity index is 1.86. The minimum absolute atomic E-state index is 0.215. The van der Waals surface area contributed by atoms with E-state index in [0.29, 0.717) is 28.3 Å². The molecule has 1 amide bonds. The van der Waals surface area contributed by atoms with Crippen molar-refractivity contribution in [3.05, 3.63) is 53.6 Å². The highest BCUT2D eigenvalue weighted by Gasteiger charge is 2.40. The Labute approximate surface area is 182 Å². The smallest absolute Gasteiger partial charge is 0.280 e. The van der Waals surface area contributed by atoms with Crippen LogP contribution in [0.5, 0.6) is 11.5 Å². The lowest BCUT2D eigenvalue weighted by Gasteiger charge is -2.36. The molecule has 2 aromatic rings. The molecule has 0 saturated carbocycles. The molecular weight excluding hydrogens is 422 g/mol. The number of anilines is 1. The molecule has 1 saturated heterocycles. The van der Waals surface area contributed by atoms with Gasteiger partial charge >= 0.3 is 0 Å². The first-order chi connectivity index (χ1) is 14.7. The van der Waals surface area contributed by atoms with Crippen molar-refractivity contribution in [3.8, 4) is 11.5 Å². The third-order valence-corrected chi connectivity index (χ3v) is 6.91. The molecule has 1 fully saturated rings. The van der Waals surface area contributed by atoms with E-state index in [-0.39, 0.29) is 6.42 Å². The van der Waals surface area contributed by atoms with Gasteiger partial charge in [-0.1, -0.05) is 18.2 Å². The fourth-order valence-electron chi connectivity index (χ4n) is 3.50. The van der Waals surface area contributed by atoms with Crippen molar-refractivity contribution in [2.45, 2.75) is 31.5 Å². The molecule has 2 aromatic carbocycles. The number of likely N-dealkylation sites (N-methyl/N-ethyl adjacent to an activating group) is 1. The molecule has 10 heteroatoms. The average molecular weight is 450 g/mol. The van der Waals surface area contributed by atoms with E-state index in [9.17, 15) is 18.3 Å². The van der Waals surface area contributed by atoms with E-state index in [0.717, 1.165) is 4.31 Å². The van der Waals surface area contributed by atoms with Gasteiger partial charge < -0.3 is 19.9 Å². The SMILES string of the molecule is COc1ccc([C@@H]2C[C@H](C(=O)Nc3cccc(C(C)O)c3)N(C)S(=O)(=O)N2)cc1OC. The largest absolute Gasteiger partial charge is 0.493 e. The summed E-state index contributed by atoms with van der Waals surface area (Å²) in [6, 6.07) is 10.4. The number of aliphatic hydroxyl groups is 1. The summed E-state index contributed by atoms with van der Waals surface area (Å²) in [5, 5.41) is 12.5. The molecule has 1 unspecified atom stereocenters. The minimum atomic E-state index is -3.89. The summed E-state index contributed by atoms with van der Waals surface area (Å²) in [5.41, 5.74) is 1.78. The van der Waals surface area contributed by atoms with Gasteiger partial charge in [-0.3, -0.25) is 4.79 Å². The second-order valence-electron chi connectivity index (χ2n) is 7.35. The van der Waals surface area contributed by atoms with E-state index >= 15 is 0 Å². The lowest BCUT2D eigenvalue weighted by atomic mass is 9.98. The third kappa shape index (κ3) is 4.99. The van der Waals surface area contributed by atoms with Gasteiger partial charge in [0.05, 0.1) is 26.4 Å². The number of ether oxygens (including phenoxy) is 2. The highest BCUT2D eigenvalue weighted by molar-refractivity contribution is 7.87. The van der Waals surface area contributed by atoms with Crippen LogP contribution in [0, 0.1) is 0 Å². The van der Waals surface area contributed by atoms with Crippen LogP contribution in [0.4, 0.5) is 5.69 Å². The van der Waals surface area contributed by atoms with Crippen molar-refractivity contribution >= 4 is 21.8 Å². The van der Waals surface area contributed by atoms with E-state index < -0.39 is 34.3 Å². The fourth-order valence-corrected chi connectivity index (χ4v) is 4.77. The van der Waals surface area contributed by atoms with Crippen LogP contribution in [-0.2, 0) is 15.0 Å². The number of nitrogens with one attached hydrogen (secondary N) is 2. The fraction of sp³-hybridized carbons (Fsp3) is 0.381. The molecule has 9 nitrogen and oxygen atoms in total. The zero-order chi connectivity index (χ0) is 22.8.